The minimum absolute atomic E-state index is 0.141. The zero-order valence-corrected chi connectivity index (χ0v) is 24.0. The Kier molecular flexibility index (Phi) is 8.52. The van der Waals surface area contributed by atoms with E-state index in [1.54, 1.807) is 20.8 Å². The van der Waals surface area contributed by atoms with Crippen LogP contribution in [0.1, 0.15) is 43.6 Å². The first kappa shape index (κ1) is 29.5. The molecule has 2 fully saturated rings. The van der Waals surface area contributed by atoms with Crippen LogP contribution >= 0.6 is 0 Å². The summed E-state index contributed by atoms with van der Waals surface area (Å²) in [5.41, 5.74) is 1.35. The van der Waals surface area contributed by atoms with Crippen LogP contribution in [0.3, 0.4) is 0 Å². The SMILES string of the molecule is [B]C(=O)N1C(Cc2ccccc2)C(C(O)C(Cc2ccccc2)C(=O)N2C(=O)OC(c3ccccc3)C2C)OC1(C)C. The molecule has 2 aliphatic rings. The Balaban J connectivity index is 1.50. The number of cyclic esters (lactones) is 1. The van der Waals surface area contributed by atoms with Gasteiger partial charge in [-0.15, -0.1) is 0 Å². The lowest BCUT2D eigenvalue weighted by molar-refractivity contribution is -0.146. The van der Waals surface area contributed by atoms with Crippen LogP contribution in [0.5, 0.6) is 0 Å². The number of ether oxygens (including phenoxy) is 2. The van der Waals surface area contributed by atoms with Gasteiger partial charge in [-0.05, 0) is 50.3 Å². The molecule has 2 saturated heterocycles. The monoisotopic (exact) mass is 566 g/mol. The molecule has 2 aliphatic heterocycles. The number of amides is 3. The van der Waals surface area contributed by atoms with Crippen LogP contribution in [-0.4, -0.2) is 70.6 Å². The maximum absolute atomic E-state index is 14.3. The van der Waals surface area contributed by atoms with Gasteiger partial charge >= 0.3 is 6.09 Å². The van der Waals surface area contributed by atoms with Gasteiger partial charge in [0.05, 0.1) is 24.1 Å². The highest BCUT2D eigenvalue weighted by Gasteiger charge is 2.54. The number of rotatable bonds is 8. The lowest BCUT2D eigenvalue weighted by Crippen LogP contribution is -2.53. The van der Waals surface area contributed by atoms with Gasteiger partial charge in [0.2, 0.25) is 13.8 Å². The number of carbonyl (C=O) groups excluding carboxylic acids is 3. The lowest BCUT2D eigenvalue weighted by Gasteiger charge is -2.34. The maximum atomic E-state index is 14.3. The number of nitrogens with zero attached hydrogens (tertiary/aromatic N) is 2. The Morgan fingerprint density at radius 3 is 2.05 bits per heavy atom. The molecule has 3 aromatic carbocycles. The molecule has 9 heteroatoms. The predicted octanol–water partition coefficient (Wildman–Crippen LogP) is 4.65. The number of benzene rings is 3. The summed E-state index contributed by atoms with van der Waals surface area (Å²) >= 11 is 0. The van der Waals surface area contributed by atoms with Crippen LogP contribution in [0, 0.1) is 5.92 Å². The van der Waals surface area contributed by atoms with E-state index in [1.165, 1.54) is 4.90 Å². The number of hydrogen-bond acceptors (Lipinski definition) is 6. The second-order valence-electron chi connectivity index (χ2n) is 11.4. The third-order valence-corrected chi connectivity index (χ3v) is 8.24. The third-order valence-electron chi connectivity index (χ3n) is 8.24. The fourth-order valence-corrected chi connectivity index (χ4v) is 6.28. The topological polar surface area (TPSA) is 96.4 Å². The molecular weight excluding hydrogens is 531 g/mol. The van der Waals surface area contributed by atoms with E-state index in [1.807, 2.05) is 91.0 Å². The molecule has 8 nitrogen and oxygen atoms in total. The molecule has 0 spiro atoms. The minimum atomic E-state index is -1.38. The summed E-state index contributed by atoms with van der Waals surface area (Å²) < 4.78 is 12.0. The van der Waals surface area contributed by atoms with Crippen LogP contribution < -0.4 is 0 Å². The first-order chi connectivity index (χ1) is 20.1. The number of imide groups is 1. The second-order valence-corrected chi connectivity index (χ2v) is 11.4. The Labute approximate surface area is 247 Å². The molecule has 3 aromatic rings. The molecule has 6 unspecified atom stereocenters. The summed E-state index contributed by atoms with van der Waals surface area (Å²) in [6, 6.07) is 26.8. The van der Waals surface area contributed by atoms with E-state index in [-0.39, 0.29) is 6.42 Å². The maximum Gasteiger partial charge on any atom is 0.417 e. The highest BCUT2D eigenvalue weighted by atomic mass is 16.6. The zero-order valence-electron chi connectivity index (χ0n) is 24.0. The van der Waals surface area contributed by atoms with E-state index < -0.39 is 59.8 Å². The van der Waals surface area contributed by atoms with Crippen molar-refractivity contribution in [3.8, 4) is 0 Å². The van der Waals surface area contributed by atoms with Crippen LogP contribution in [0.25, 0.3) is 0 Å². The average Bonchev–Trinajstić information content (AvgIpc) is 3.43. The van der Waals surface area contributed by atoms with Crippen molar-refractivity contribution in [2.45, 2.75) is 69.7 Å². The number of aliphatic hydroxyl groups is 1. The summed E-state index contributed by atoms with van der Waals surface area (Å²) in [7, 11) is 5.83. The van der Waals surface area contributed by atoms with Crippen molar-refractivity contribution in [2.24, 2.45) is 5.92 Å². The zero-order chi connectivity index (χ0) is 30.0. The van der Waals surface area contributed by atoms with Crippen molar-refractivity contribution in [3.63, 3.8) is 0 Å². The Morgan fingerprint density at radius 1 is 0.929 bits per heavy atom. The van der Waals surface area contributed by atoms with Gasteiger partial charge in [-0.25, -0.2) is 9.69 Å². The largest absolute Gasteiger partial charge is 0.439 e. The van der Waals surface area contributed by atoms with Crippen LogP contribution in [0.15, 0.2) is 91.0 Å². The van der Waals surface area contributed by atoms with Crippen molar-refractivity contribution in [2.75, 3.05) is 0 Å². The van der Waals surface area contributed by atoms with Crippen LogP contribution in [0.2, 0.25) is 0 Å². The van der Waals surface area contributed by atoms with Gasteiger partial charge in [-0.2, -0.15) is 0 Å². The quantitative estimate of drug-likeness (QED) is 0.399. The predicted molar refractivity (Wildman–Crippen MR) is 157 cm³/mol. The molecule has 3 amide bonds. The first-order valence-electron chi connectivity index (χ1n) is 14.2. The first-order valence-corrected chi connectivity index (χ1v) is 14.2. The van der Waals surface area contributed by atoms with Gasteiger partial charge in [-0.1, -0.05) is 91.0 Å². The molecule has 5 rings (SSSR count). The smallest absolute Gasteiger partial charge is 0.417 e. The molecule has 6 atom stereocenters. The Morgan fingerprint density at radius 2 is 1.48 bits per heavy atom. The molecule has 2 heterocycles. The Hall–Kier alpha value is -3.95. The van der Waals surface area contributed by atoms with E-state index in [9.17, 15) is 19.5 Å². The fraction of sp³-hybridized carbons (Fsp3) is 0.364. The molecular formula is C33H35BN2O6. The van der Waals surface area contributed by atoms with Crippen molar-refractivity contribution in [3.05, 3.63) is 108 Å². The summed E-state index contributed by atoms with van der Waals surface area (Å²) in [5.74, 6) is -2.34. The summed E-state index contributed by atoms with van der Waals surface area (Å²) in [6.45, 7) is 5.18. The molecule has 42 heavy (non-hydrogen) atoms. The molecule has 1 N–H and O–H groups in total. The molecule has 0 aromatic heterocycles. The van der Waals surface area contributed by atoms with E-state index >= 15 is 0 Å². The van der Waals surface area contributed by atoms with Crippen molar-refractivity contribution >= 4 is 25.7 Å². The molecule has 216 valence electrons. The van der Waals surface area contributed by atoms with Crippen LogP contribution in [0.4, 0.5) is 9.59 Å². The van der Waals surface area contributed by atoms with Crippen molar-refractivity contribution in [1.82, 2.24) is 9.80 Å². The molecule has 0 saturated carbocycles. The molecule has 2 radical (unpaired) electrons. The van der Waals surface area contributed by atoms with Gasteiger partial charge in [0.1, 0.15) is 17.9 Å². The standard InChI is InChI=1S/C33H35BN2O6/c1-21-28(24-17-11-6-12-18-24)41-32(40)35(21)30(38)25(19-22-13-7-4-8-14-22)27(37)29-26(20-23-15-9-5-10-16-23)36(31(34)39)33(2,3)42-29/h4-18,21,25-29,37H,19-20H2,1-3H3. The molecule has 0 bridgehead atoms. The summed E-state index contributed by atoms with van der Waals surface area (Å²) in [6.07, 6.45) is -3.27. The number of aliphatic hydroxyl groups excluding tert-OH is 1. The highest BCUT2D eigenvalue weighted by Crippen LogP contribution is 2.39. The van der Waals surface area contributed by atoms with E-state index in [0.717, 1.165) is 21.6 Å². The van der Waals surface area contributed by atoms with Gasteiger partial charge in [0.25, 0.3) is 0 Å². The molecule has 0 aliphatic carbocycles. The number of carbonyl (C=O) groups is 3. The van der Waals surface area contributed by atoms with Crippen molar-refractivity contribution < 1.29 is 29.0 Å². The van der Waals surface area contributed by atoms with E-state index in [4.69, 9.17) is 17.3 Å². The number of hydrogen-bond donors (Lipinski definition) is 1. The third kappa shape index (κ3) is 5.85. The van der Waals surface area contributed by atoms with Gasteiger partial charge in [-0.3, -0.25) is 9.59 Å². The normalized spacial score (nSPS) is 24.7. The summed E-state index contributed by atoms with van der Waals surface area (Å²) in [4.78, 5) is 42.7. The fourth-order valence-electron chi connectivity index (χ4n) is 6.28. The Bertz CT molecular complexity index is 1400. The minimum Gasteiger partial charge on any atom is -0.439 e. The average molecular weight is 566 g/mol. The van der Waals surface area contributed by atoms with Gasteiger partial charge < -0.3 is 19.5 Å². The van der Waals surface area contributed by atoms with Gasteiger partial charge in [0, 0.05) is 0 Å². The van der Waals surface area contributed by atoms with E-state index in [0.29, 0.717) is 6.42 Å². The van der Waals surface area contributed by atoms with Crippen molar-refractivity contribution in [1.29, 1.82) is 0 Å². The summed E-state index contributed by atoms with van der Waals surface area (Å²) in [5, 5.41) is 12.0. The van der Waals surface area contributed by atoms with E-state index in [2.05, 4.69) is 0 Å². The van der Waals surface area contributed by atoms with Gasteiger partial charge in [0.15, 0.2) is 5.81 Å². The highest BCUT2D eigenvalue weighted by molar-refractivity contribution is 6.57. The second kappa shape index (κ2) is 12.1. The van der Waals surface area contributed by atoms with Crippen LogP contribution in [-0.2, 0) is 27.1 Å². The lowest BCUT2D eigenvalue weighted by atomic mass is 9.85.